The molecule has 4 heteroatoms. The number of ether oxygens (including phenoxy) is 1. The molecule has 2 aromatic rings. The van der Waals surface area contributed by atoms with Crippen molar-refractivity contribution in [3.05, 3.63) is 46.1 Å². The Morgan fingerprint density at radius 3 is 2.75 bits per heavy atom. The van der Waals surface area contributed by atoms with Gasteiger partial charge in [-0.3, -0.25) is 0 Å². The molecule has 1 heterocycles. The molecule has 0 amide bonds. The van der Waals surface area contributed by atoms with Gasteiger partial charge in [0.25, 0.3) is 0 Å². The van der Waals surface area contributed by atoms with Crippen molar-refractivity contribution in [1.29, 1.82) is 0 Å². The van der Waals surface area contributed by atoms with Crippen molar-refractivity contribution in [2.45, 2.75) is 20.1 Å². The Morgan fingerprint density at radius 2 is 2.06 bits per heavy atom. The molecule has 0 N–H and O–H groups in total. The zero-order chi connectivity index (χ0) is 11.4. The Bertz CT molecular complexity index is 450. The molecule has 0 atom stereocenters. The molecule has 0 saturated heterocycles. The van der Waals surface area contributed by atoms with E-state index in [2.05, 4.69) is 39.1 Å². The van der Waals surface area contributed by atoms with Crippen molar-refractivity contribution >= 4 is 22.6 Å². The van der Waals surface area contributed by atoms with Gasteiger partial charge in [0.05, 0.1) is 0 Å². The summed E-state index contributed by atoms with van der Waals surface area (Å²) < 4.78 is 8.95. The summed E-state index contributed by atoms with van der Waals surface area (Å²) in [6.07, 6.45) is 3.77. The summed E-state index contributed by atoms with van der Waals surface area (Å²) in [5.41, 5.74) is 0. The first-order valence-corrected chi connectivity index (χ1v) is 6.26. The molecule has 0 saturated carbocycles. The maximum Gasteiger partial charge on any atom is 0.146 e. The van der Waals surface area contributed by atoms with Crippen LogP contribution in [0.15, 0.2) is 36.7 Å². The monoisotopic (exact) mass is 328 g/mol. The minimum Gasteiger partial charge on any atom is -0.486 e. The van der Waals surface area contributed by atoms with Crippen LogP contribution in [0.3, 0.4) is 0 Å². The number of halogens is 1. The zero-order valence-electron chi connectivity index (χ0n) is 9.06. The topological polar surface area (TPSA) is 27.1 Å². The molecule has 0 unspecified atom stereocenters. The van der Waals surface area contributed by atoms with Crippen LogP contribution in [0.5, 0.6) is 5.75 Å². The summed E-state index contributed by atoms with van der Waals surface area (Å²) in [5.74, 6) is 1.84. The number of imidazole rings is 1. The number of rotatable bonds is 4. The lowest BCUT2D eigenvalue weighted by atomic mass is 10.3. The van der Waals surface area contributed by atoms with Gasteiger partial charge in [0.2, 0.25) is 0 Å². The first-order valence-electron chi connectivity index (χ1n) is 5.18. The van der Waals surface area contributed by atoms with Crippen molar-refractivity contribution < 1.29 is 4.74 Å². The molecule has 0 radical (unpaired) electrons. The van der Waals surface area contributed by atoms with Crippen LogP contribution < -0.4 is 4.74 Å². The van der Waals surface area contributed by atoms with Crippen LogP contribution in [0.1, 0.15) is 12.7 Å². The summed E-state index contributed by atoms with van der Waals surface area (Å²) in [6, 6.07) is 8.01. The van der Waals surface area contributed by atoms with Crippen molar-refractivity contribution in [2.24, 2.45) is 0 Å². The lowest BCUT2D eigenvalue weighted by Gasteiger charge is -2.07. The molecule has 0 fully saturated rings. The summed E-state index contributed by atoms with van der Waals surface area (Å²) in [7, 11) is 0. The van der Waals surface area contributed by atoms with Crippen LogP contribution in [0.4, 0.5) is 0 Å². The number of benzene rings is 1. The molecule has 0 bridgehead atoms. The second-order valence-corrected chi connectivity index (χ2v) is 4.62. The predicted octanol–water partition coefficient (Wildman–Crippen LogP) is 3.09. The summed E-state index contributed by atoms with van der Waals surface area (Å²) in [5, 5.41) is 0. The third-order valence-corrected chi connectivity index (χ3v) is 3.04. The highest BCUT2D eigenvalue weighted by Crippen LogP contribution is 2.14. The molecular formula is C12H13IN2O. The molecular weight excluding hydrogens is 315 g/mol. The maximum atomic E-state index is 5.66. The van der Waals surface area contributed by atoms with Gasteiger partial charge in [0.15, 0.2) is 0 Å². The van der Waals surface area contributed by atoms with Crippen LogP contribution in [-0.2, 0) is 13.2 Å². The molecule has 2 rings (SSSR count). The van der Waals surface area contributed by atoms with E-state index < -0.39 is 0 Å². The molecule has 1 aromatic carbocycles. The third kappa shape index (κ3) is 2.75. The standard InChI is InChI=1S/C12H13IN2O/c1-2-15-8-7-14-12(15)9-16-11-5-3-10(13)4-6-11/h3-8H,2,9H2,1H3. The summed E-state index contributed by atoms with van der Waals surface area (Å²) >= 11 is 2.27. The first-order chi connectivity index (χ1) is 7.79. The molecule has 3 nitrogen and oxygen atoms in total. The van der Waals surface area contributed by atoms with Crippen LogP contribution >= 0.6 is 22.6 Å². The van der Waals surface area contributed by atoms with E-state index >= 15 is 0 Å². The van der Waals surface area contributed by atoms with Crippen molar-refractivity contribution in [2.75, 3.05) is 0 Å². The fraction of sp³-hybridized carbons (Fsp3) is 0.250. The number of aromatic nitrogens is 2. The zero-order valence-corrected chi connectivity index (χ0v) is 11.2. The largest absolute Gasteiger partial charge is 0.486 e. The van der Waals surface area contributed by atoms with Gasteiger partial charge in [-0.1, -0.05) is 0 Å². The Balaban J connectivity index is 1.99. The minimum absolute atomic E-state index is 0.515. The second kappa shape index (κ2) is 5.34. The molecule has 1 aromatic heterocycles. The number of hydrogen-bond acceptors (Lipinski definition) is 2. The van der Waals surface area contributed by atoms with E-state index in [1.807, 2.05) is 30.5 Å². The van der Waals surface area contributed by atoms with Gasteiger partial charge in [-0.15, -0.1) is 0 Å². The van der Waals surface area contributed by atoms with E-state index in [1.165, 1.54) is 3.57 Å². The van der Waals surface area contributed by atoms with Crippen molar-refractivity contribution in [3.63, 3.8) is 0 Å². The molecule has 0 aliphatic carbocycles. The van der Waals surface area contributed by atoms with Crippen LogP contribution in [0, 0.1) is 3.57 Å². The van der Waals surface area contributed by atoms with Crippen LogP contribution in [0.25, 0.3) is 0 Å². The maximum absolute atomic E-state index is 5.66. The van der Waals surface area contributed by atoms with Crippen LogP contribution in [0.2, 0.25) is 0 Å². The summed E-state index contributed by atoms with van der Waals surface area (Å²) in [4.78, 5) is 4.26. The van der Waals surface area contributed by atoms with E-state index in [0.29, 0.717) is 6.61 Å². The quantitative estimate of drug-likeness (QED) is 0.807. The molecule has 84 valence electrons. The normalized spacial score (nSPS) is 10.4. The van der Waals surface area contributed by atoms with E-state index in [-0.39, 0.29) is 0 Å². The predicted molar refractivity (Wildman–Crippen MR) is 71.4 cm³/mol. The highest BCUT2D eigenvalue weighted by atomic mass is 127. The number of aryl methyl sites for hydroxylation is 1. The van der Waals surface area contributed by atoms with Crippen LogP contribution in [-0.4, -0.2) is 9.55 Å². The Labute approximate surface area is 109 Å². The Kier molecular flexibility index (Phi) is 3.82. The minimum atomic E-state index is 0.515. The summed E-state index contributed by atoms with van der Waals surface area (Å²) in [6.45, 7) is 3.53. The van der Waals surface area contributed by atoms with E-state index in [1.54, 1.807) is 6.20 Å². The highest BCUT2D eigenvalue weighted by Gasteiger charge is 2.01. The fourth-order valence-electron chi connectivity index (χ4n) is 1.45. The van der Waals surface area contributed by atoms with Crippen molar-refractivity contribution in [3.8, 4) is 5.75 Å². The SMILES string of the molecule is CCn1ccnc1COc1ccc(I)cc1. The van der Waals surface area contributed by atoms with Gasteiger partial charge in [-0.2, -0.15) is 0 Å². The second-order valence-electron chi connectivity index (χ2n) is 3.37. The Morgan fingerprint density at radius 1 is 1.31 bits per heavy atom. The third-order valence-electron chi connectivity index (χ3n) is 2.32. The van der Waals surface area contributed by atoms with E-state index in [4.69, 9.17) is 4.74 Å². The van der Waals surface area contributed by atoms with Gasteiger partial charge in [0.1, 0.15) is 18.2 Å². The van der Waals surface area contributed by atoms with Gasteiger partial charge in [-0.05, 0) is 53.8 Å². The lowest BCUT2D eigenvalue weighted by molar-refractivity contribution is 0.290. The molecule has 16 heavy (non-hydrogen) atoms. The number of hydrogen-bond donors (Lipinski definition) is 0. The Hall–Kier alpha value is -1.04. The van der Waals surface area contributed by atoms with Gasteiger partial charge in [-0.25, -0.2) is 4.98 Å². The average Bonchev–Trinajstić information content (AvgIpc) is 2.76. The molecule has 0 aliphatic heterocycles. The number of nitrogens with zero attached hydrogens (tertiary/aromatic N) is 2. The van der Waals surface area contributed by atoms with Gasteiger partial charge < -0.3 is 9.30 Å². The van der Waals surface area contributed by atoms with Gasteiger partial charge >= 0.3 is 0 Å². The molecule has 0 aliphatic rings. The first kappa shape index (κ1) is 11.4. The lowest BCUT2D eigenvalue weighted by Crippen LogP contribution is -2.05. The van der Waals surface area contributed by atoms with E-state index in [0.717, 1.165) is 18.1 Å². The van der Waals surface area contributed by atoms with E-state index in [9.17, 15) is 0 Å². The fourth-order valence-corrected chi connectivity index (χ4v) is 1.81. The van der Waals surface area contributed by atoms with Gasteiger partial charge in [0, 0.05) is 22.5 Å². The molecule has 0 spiro atoms. The highest BCUT2D eigenvalue weighted by molar-refractivity contribution is 14.1. The smallest absolute Gasteiger partial charge is 0.146 e. The van der Waals surface area contributed by atoms with Crippen molar-refractivity contribution in [1.82, 2.24) is 9.55 Å². The average molecular weight is 328 g/mol.